The van der Waals surface area contributed by atoms with E-state index in [1.54, 1.807) is 11.3 Å². The molecule has 2 rings (SSSR count). The maximum Gasteiger partial charge on any atom is 0.194 e. The molecule has 0 saturated carbocycles. The Morgan fingerprint density at radius 1 is 1.37 bits per heavy atom. The van der Waals surface area contributed by atoms with Crippen LogP contribution >= 0.6 is 11.3 Å². The van der Waals surface area contributed by atoms with Gasteiger partial charge in [0.2, 0.25) is 0 Å². The highest BCUT2D eigenvalue weighted by Crippen LogP contribution is 2.20. The summed E-state index contributed by atoms with van der Waals surface area (Å²) in [5.74, 6) is 0. The summed E-state index contributed by atoms with van der Waals surface area (Å²) in [6.45, 7) is 10.5. The average molecular weight is 280 g/mol. The molecule has 0 radical (unpaired) electrons. The molecule has 4 nitrogen and oxygen atoms in total. The van der Waals surface area contributed by atoms with Crippen molar-refractivity contribution in [3.05, 3.63) is 22.5 Å². The zero-order valence-electron chi connectivity index (χ0n) is 12.7. The van der Waals surface area contributed by atoms with Gasteiger partial charge in [-0.05, 0) is 41.8 Å². The van der Waals surface area contributed by atoms with Crippen molar-refractivity contribution in [1.82, 2.24) is 19.6 Å². The molecule has 0 aromatic carbocycles. The van der Waals surface area contributed by atoms with Gasteiger partial charge in [-0.25, -0.2) is 4.98 Å². The molecule has 2 heterocycles. The van der Waals surface area contributed by atoms with Gasteiger partial charge in [-0.1, -0.05) is 0 Å². The van der Waals surface area contributed by atoms with Crippen molar-refractivity contribution in [1.29, 1.82) is 0 Å². The summed E-state index contributed by atoms with van der Waals surface area (Å²) in [5.41, 5.74) is 2.55. The predicted octanol–water partition coefficient (Wildman–Crippen LogP) is 2.44. The van der Waals surface area contributed by atoms with E-state index in [1.165, 1.54) is 10.6 Å². The van der Waals surface area contributed by atoms with E-state index in [4.69, 9.17) is 0 Å². The number of hydrogen-bond acceptors (Lipinski definition) is 4. The Balaban J connectivity index is 2.07. The van der Waals surface area contributed by atoms with E-state index in [9.17, 15) is 0 Å². The first kappa shape index (κ1) is 14.5. The molecular weight excluding hydrogens is 256 g/mol. The minimum Gasteiger partial charge on any atom is -0.309 e. The lowest BCUT2D eigenvalue weighted by Crippen LogP contribution is -2.46. The van der Waals surface area contributed by atoms with E-state index in [2.05, 4.69) is 67.6 Å². The number of imidazole rings is 1. The third-order valence-corrected chi connectivity index (χ3v) is 4.70. The Labute approximate surface area is 119 Å². The van der Waals surface area contributed by atoms with Gasteiger partial charge in [0.25, 0.3) is 0 Å². The average Bonchev–Trinajstić information content (AvgIpc) is 2.76. The van der Waals surface area contributed by atoms with Crippen LogP contribution in [0.2, 0.25) is 0 Å². The third kappa shape index (κ3) is 2.99. The van der Waals surface area contributed by atoms with Gasteiger partial charge < -0.3 is 10.2 Å². The zero-order chi connectivity index (χ0) is 14.2. The van der Waals surface area contributed by atoms with Gasteiger partial charge in [-0.2, -0.15) is 0 Å². The van der Waals surface area contributed by atoms with Crippen LogP contribution in [0.4, 0.5) is 0 Å². The largest absolute Gasteiger partial charge is 0.309 e. The van der Waals surface area contributed by atoms with Crippen molar-refractivity contribution in [2.45, 2.75) is 39.8 Å². The van der Waals surface area contributed by atoms with Crippen molar-refractivity contribution < 1.29 is 0 Å². The molecule has 0 bridgehead atoms. The zero-order valence-corrected chi connectivity index (χ0v) is 13.6. The second-order valence-electron chi connectivity index (χ2n) is 5.95. The molecule has 0 unspecified atom stereocenters. The number of thiazole rings is 1. The summed E-state index contributed by atoms with van der Waals surface area (Å²) < 4.78 is 2.21. The van der Waals surface area contributed by atoms with Crippen molar-refractivity contribution in [3.63, 3.8) is 0 Å². The topological polar surface area (TPSA) is 32.6 Å². The lowest BCUT2D eigenvalue weighted by molar-refractivity contribution is 0.189. The first-order chi connectivity index (χ1) is 8.81. The molecule has 5 heteroatoms. The van der Waals surface area contributed by atoms with E-state index in [0.717, 1.165) is 23.7 Å². The summed E-state index contributed by atoms with van der Waals surface area (Å²) >= 11 is 1.75. The minimum absolute atomic E-state index is 0.155. The van der Waals surface area contributed by atoms with E-state index in [1.807, 2.05) is 0 Å². The van der Waals surface area contributed by atoms with Crippen LogP contribution in [-0.2, 0) is 6.54 Å². The molecule has 2 aromatic rings. The molecule has 2 aromatic heterocycles. The van der Waals surface area contributed by atoms with E-state index in [-0.39, 0.29) is 5.54 Å². The fraction of sp³-hybridized carbons (Fsp3) is 0.643. The van der Waals surface area contributed by atoms with Crippen LogP contribution in [0.15, 0.2) is 6.20 Å². The van der Waals surface area contributed by atoms with E-state index >= 15 is 0 Å². The number of likely N-dealkylation sites (N-methyl/N-ethyl adjacent to an activating group) is 1. The lowest BCUT2D eigenvalue weighted by Gasteiger charge is -2.32. The van der Waals surface area contributed by atoms with Crippen LogP contribution < -0.4 is 5.32 Å². The van der Waals surface area contributed by atoms with Gasteiger partial charge in [-0.15, -0.1) is 11.3 Å². The number of nitrogens with zero attached hydrogens (tertiary/aromatic N) is 3. The Morgan fingerprint density at radius 3 is 2.68 bits per heavy atom. The summed E-state index contributed by atoms with van der Waals surface area (Å²) in [6, 6.07) is 0. The Morgan fingerprint density at radius 2 is 2.05 bits per heavy atom. The fourth-order valence-corrected chi connectivity index (χ4v) is 2.86. The van der Waals surface area contributed by atoms with Crippen LogP contribution in [0.3, 0.4) is 0 Å². The van der Waals surface area contributed by atoms with Crippen LogP contribution in [0.1, 0.15) is 30.1 Å². The van der Waals surface area contributed by atoms with Crippen molar-refractivity contribution in [2.24, 2.45) is 0 Å². The molecule has 0 saturated heterocycles. The van der Waals surface area contributed by atoms with Gasteiger partial charge in [0.1, 0.15) is 0 Å². The second kappa shape index (κ2) is 5.23. The monoisotopic (exact) mass is 280 g/mol. The fourth-order valence-electron chi connectivity index (χ4n) is 1.97. The summed E-state index contributed by atoms with van der Waals surface area (Å²) in [4.78, 5) is 9.26. The summed E-state index contributed by atoms with van der Waals surface area (Å²) in [6.07, 6.45) is 2.17. The molecule has 0 aliphatic carbocycles. The lowest BCUT2D eigenvalue weighted by atomic mass is 10.0. The Hall–Kier alpha value is -0.910. The van der Waals surface area contributed by atoms with Crippen LogP contribution in [0, 0.1) is 13.8 Å². The Kier molecular flexibility index (Phi) is 3.99. The standard InChI is InChI=1S/C14H24N4S/c1-10-8-18-12(11(2)16-13(18)19-10)7-15-9-14(3,4)17(5)6/h8,15H,7,9H2,1-6H3. The van der Waals surface area contributed by atoms with Gasteiger partial charge in [0, 0.05) is 29.7 Å². The molecule has 1 N–H and O–H groups in total. The van der Waals surface area contributed by atoms with E-state index < -0.39 is 0 Å². The van der Waals surface area contributed by atoms with Gasteiger partial charge >= 0.3 is 0 Å². The highest BCUT2D eigenvalue weighted by molar-refractivity contribution is 7.17. The van der Waals surface area contributed by atoms with E-state index in [0.29, 0.717) is 0 Å². The smallest absolute Gasteiger partial charge is 0.194 e. The number of fused-ring (bicyclic) bond motifs is 1. The molecule has 106 valence electrons. The number of aryl methyl sites for hydroxylation is 2. The first-order valence-corrected chi connectivity index (χ1v) is 7.45. The Bertz CT molecular complexity index is 565. The normalized spacial score (nSPS) is 12.8. The molecule has 0 aliphatic heterocycles. The number of nitrogens with one attached hydrogen (secondary N) is 1. The van der Waals surface area contributed by atoms with Gasteiger partial charge in [0.15, 0.2) is 4.96 Å². The van der Waals surface area contributed by atoms with Crippen LogP contribution in [0.25, 0.3) is 4.96 Å². The van der Waals surface area contributed by atoms with Crippen molar-refractivity contribution in [2.75, 3.05) is 20.6 Å². The van der Waals surface area contributed by atoms with Gasteiger partial charge in [-0.3, -0.25) is 4.40 Å². The molecule has 0 amide bonds. The number of hydrogen-bond donors (Lipinski definition) is 1. The third-order valence-electron chi connectivity index (χ3n) is 3.80. The van der Waals surface area contributed by atoms with Crippen molar-refractivity contribution in [3.8, 4) is 0 Å². The quantitative estimate of drug-likeness (QED) is 0.913. The number of rotatable bonds is 5. The molecule has 0 atom stereocenters. The molecule has 19 heavy (non-hydrogen) atoms. The predicted molar refractivity (Wildman–Crippen MR) is 82.0 cm³/mol. The maximum atomic E-state index is 4.62. The second-order valence-corrected chi connectivity index (χ2v) is 7.16. The van der Waals surface area contributed by atoms with Crippen LogP contribution in [-0.4, -0.2) is 40.5 Å². The highest BCUT2D eigenvalue weighted by Gasteiger charge is 2.20. The highest BCUT2D eigenvalue weighted by atomic mass is 32.1. The van der Waals surface area contributed by atoms with Crippen molar-refractivity contribution >= 4 is 16.3 Å². The minimum atomic E-state index is 0.155. The molecule has 0 spiro atoms. The number of aromatic nitrogens is 2. The SMILES string of the molecule is Cc1cn2c(CNCC(C)(C)N(C)C)c(C)nc2s1. The summed E-state index contributed by atoms with van der Waals surface area (Å²) in [5, 5.41) is 3.55. The molecular formula is C14H24N4S. The first-order valence-electron chi connectivity index (χ1n) is 6.63. The summed E-state index contributed by atoms with van der Waals surface area (Å²) in [7, 11) is 4.23. The maximum absolute atomic E-state index is 4.62. The molecule has 0 fully saturated rings. The molecule has 0 aliphatic rings. The van der Waals surface area contributed by atoms with Gasteiger partial charge in [0.05, 0.1) is 11.4 Å². The van der Waals surface area contributed by atoms with Crippen LogP contribution in [0.5, 0.6) is 0 Å².